The number of likely N-dealkylation sites (tertiary alicyclic amines) is 1. The number of aliphatic hydroxyl groups excluding tert-OH is 1. The summed E-state index contributed by atoms with van der Waals surface area (Å²) in [6.45, 7) is 4.77. The first kappa shape index (κ1) is 15.3. The third-order valence-electron chi connectivity index (χ3n) is 5.71. The van der Waals surface area contributed by atoms with Gasteiger partial charge in [0.05, 0.1) is 18.8 Å². The van der Waals surface area contributed by atoms with Gasteiger partial charge >= 0.3 is 0 Å². The van der Waals surface area contributed by atoms with Crippen LogP contribution in [0.15, 0.2) is 0 Å². The summed E-state index contributed by atoms with van der Waals surface area (Å²) in [6, 6.07) is 0.626. The molecule has 1 spiro atoms. The van der Waals surface area contributed by atoms with Crippen molar-refractivity contribution in [2.24, 2.45) is 5.41 Å². The van der Waals surface area contributed by atoms with Gasteiger partial charge in [-0.2, -0.15) is 0 Å². The van der Waals surface area contributed by atoms with Crippen molar-refractivity contribution in [2.45, 2.75) is 57.3 Å². The number of ether oxygens (including phenoxy) is 1. The van der Waals surface area contributed by atoms with E-state index in [0.717, 1.165) is 32.4 Å². The molecular formula is C16H28N2O3. The largest absolute Gasteiger partial charge is 0.392 e. The van der Waals surface area contributed by atoms with E-state index in [1.165, 1.54) is 12.8 Å². The summed E-state index contributed by atoms with van der Waals surface area (Å²) in [4.78, 5) is 16.5. The van der Waals surface area contributed by atoms with Crippen molar-refractivity contribution in [1.82, 2.24) is 9.80 Å². The fourth-order valence-electron chi connectivity index (χ4n) is 3.95. The van der Waals surface area contributed by atoms with Crippen LogP contribution in [0.2, 0.25) is 0 Å². The predicted octanol–water partition coefficient (Wildman–Crippen LogP) is 0.859. The summed E-state index contributed by atoms with van der Waals surface area (Å²) < 4.78 is 5.77. The van der Waals surface area contributed by atoms with Gasteiger partial charge in [0.1, 0.15) is 0 Å². The molecule has 0 aromatic rings. The average molecular weight is 296 g/mol. The molecule has 0 bridgehead atoms. The minimum Gasteiger partial charge on any atom is -0.392 e. The Bertz CT molecular complexity index is 387. The molecule has 2 saturated carbocycles. The first-order valence-electron chi connectivity index (χ1n) is 8.34. The van der Waals surface area contributed by atoms with Crippen molar-refractivity contribution in [3.05, 3.63) is 0 Å². The summed E-state index contributed by atoms with van der Waals surface area (Å²) in [5.74, 6) is 0.237. The van der Waals surface area contributed by atoms with E-state index in [1.807, 2.05) is 18.9 Å². The molecule has 1 N–H and O–H groups in total. The molecule has 2 aliphatic carbocycles. The Morgan fingerprint density at radius 1 is 1.38 bits per heavy atom. The number of amides is 1. The topological polar surface area (TPSA) is 53.0 Å². The third kappa shape index (κ3) is 2.83. The summed E-state index contributed by atoms with van der Waals surface area (Å²) >= 11 is 0. The second-order valence-corrected chi connectivity index (χ2v) is 6.96. The highest BCUT2D eigenvalue weighted by molar-refractivity contribution is 5.78. The summed E-state index contributed by atoms with van der Waals surface area (Å²) in [7, 11) is 2.04. The van der Waals surface area contributed by atoms with E-state index < -0.39 is 0 Å². The van der Waals surface area contributed by atoms with E-state index in [9.17, 15) is 9.90 Å². The molecule has 5 nitrogen and oxygen atoms in total. The van der Waals surface area contributed by atoms with Crippen LogP contribution < -0.4 is 0 Å². The number of carbonyl (C=O) groups is 1. The molecule has 21 heavy (non-hydrogen) atoms. The molecule has 1 aliphatic heterocycles. The van der Waals surface area contributed by atoms with E-state index in [4.69, 9.17) is 4.74 Å². The highest BCUT2D eigenvalue weighted by atomic mass is 16.5. The second-order valence-electron chi connectivity index (χ2n) is 6.96. The summed E-state index contributed by atoms with van der Waals surface area (Å²) in [5.41, 5.74) is -0.0881. The Morgan fingerprint density at radius 3 is 2.57 bits per heavy atom. The van der Waals surface area contributed by atoms with Crippen LogP contribution in [0.3, 0.4) is 0 Å². The van der Waals surface area contributed by atoms with E-state index in [2.05, 4.69) is 4.90 Å². The number of aliphatic hydroxyl groups is 1. The van der Waals surface area contributed by atoms with Crippen molar-refractivity contribution in [3.8, 4) is 0 Å². The first-order chi connectivity index (χ1) is 10.1. The Labute approximate surface area is 127 Å². The lowest BCUT2D eigenvalue weighted by Crippen LogP contribution is -2.63. The molecule has 5 heteroatoms. The smallest absolute Gasteiger partial charge is 0.236 e. The summed E-state index contributed by atoms with van der Waals surface area (Å²) in [5, 5.41) is 10.2. The molecular weight excluding hydrogens is 268 g/mol. The van der Waals surface area contributed by atoms with Gasteiger partial charge in [-0.3, -0.25) is 9.69 Å². The number of likely N-dealkylation sites (N-methyl/N-ethyl adjacent to an activating group) is 1. The van der Waals surface area contributed by atoms with Crippen molar-refractivity contribution in [1.29, 1.82) is 0 Å². The molecule has 0 radical (unpaired) electrons. The maximum atomic E-state index is 12.3. The second kappa shape index (κ2) is 5.86. The maximum absolute atomic E-state index is 12.3. The summed E-state index contributed by atoms with van der Waals surface area (Å²) in [6.07, 6.45) is 4.90. The zero-order valence-corrected chi connectivity index (χ0v) is 13.3. The van der Waals surface area contributed by atoms with Gasteiger partial charge < -0.3 is 14.7 Å². The zero-order valence-electron chi connectivity index (χ0n) is 13.3. The van der Waals surface area contributed by atoms with Gasteiger partial charge in [0, 0.05) is 37.6 Å². The van der Waals surface area contributed by atoms with Crippen molar-refractivity contribution < 1.29 is 14.6 Å². The van der Waals surface area contributed by atoms with Crippen LogP contribution in [0.5, 0.6) is 0 Å². The lowest BCUT2D eigenvalue weighted by molar-refractivity contribution is -0.210. The lowest BCUT2D eigenvalue weighted by Gasteiger charge is -2.56. The van der Waals surface area contributed by atoms with Gasteiger partial charge in [0.15, 0.2) is 0 Å². The van der Waals surface area contributed by atoms with Crippen LogP contribution in [0.1, 0.15) is 39.0 Å². The lowest BCUT2D eigenvalue weighted by atomic mass is 9.58. The van der Waals surface area contributed by atoms with Gasteiger partial charge in [-0.25, -0.2) is 0 Å². The molecule has 1 saturated heterocycles. The molecule has 1 heterocycles. The van der Waals surface area contributed by atoms with E-state index in [-0.39, 0.29) is 23.5 Å². The Balaban J connectivity index is 1.51. The minimum absolute atomic E-state index is 0.0881. The SMILES string of the molecule is CCOC1CC(O)C12CCN(C(=O)CN(C)C1CC1)CC2. The normalized spacial score (nSPS) is 31.5. The van der Waals surface area contributed by atoms with Crippen LogP contribution in [-0.2, 0) is 9.53 Å². The van der Waals surface area contributed by atoms with Crippen LogP contribution in [0, 0.1) is 5.41 Å². The molecule has 1 amide bonds. The molecule has 0 aromatic heterocycles. The molecule has 2 atom stereocenters. The first-order valence-corrected chi connectivity index (χ1v) is 8.34. The monoisotopic (exact) mass is 296 g/mol. The predicted molar refractivity (Wildman–Crippen MR) is 79.9 cm³/mol. The number of carbonyl (C=O) groups excluding carboxylic acids is 1. The van der Waals surface area contributed by atoms with Gasteiger partial charge in [-0.05, 0) is 39.7 Å². The number of piperidine rings is 1. The molecule has 3 fully saturated rings. The Hall–Kier alpha value is -0.650. The van der Waals surface area contributed by atoms with Crippen molar-refractivity contribution >= 4 is 5.91 Å². The van der Waals surface area contributed by atoms with Crippen LogP contribution >= 0.6 is 0 Å². The number of hydrogen-bond donors (Lipinski definition) is 1. The quantitative estimate of drug-likeness (QED) is 0.817. The number of nitrogens with zero attached hydrogens (tertiary/aromatic N) is 2. The highest BCUT2D eigenvalue weighted by Gasteiger charge is 2.56. The van der Waals surface area contributed by atoms with Gasteiger partial charge in [0.25, 0.3) is 0 Å². The average Bonchev–Trinajstić information content (AvgIpc) is 3.32. The highest BCUT2D eigenvalue weighted by Crippen LogP contribution is 2.50. The maximum Gasteiger partial charge on any atom is 0.236 e. The fraction of sp³-hybridized carbons (Fsp3) is 0.938. The third-order valence-corrected chi connectivity index (χ3v) is 5.71. The van der Waals surface area contributed by atoms with Gasteiger partial charge in [-0.1, -0.05) is 0 Å². The molecule has 3 aliphatic rings. The van der Waals surface area contributed by atoms with Crippen LogP contribution in [0.25, 0.3) is 0 Å². The van der Waals surface area contributed by atoms with Crippen molar-refractivity contribution in [2.75, 3.05) is 33.3 Å². The fourth-order valence-corrected chi connectivity index (χ4v) is 3.95. The number of hydrogen-bond acceptors (Lipinski definition) is 4. The van der Waals surface area contributed by atoms with E-state index in [0.29, 0.717) is 19.2 Å². The van der Waals surface area contributed by atoms with Gasteiger partial charge in [-0.15, -0.1) is 0 Å². The Morgan fingerprint density at radius 2 is 2.05 bits per heavy atom. The molecule has 2 unspecified atom stereocenters. The van der Waals surface area contributed by atoms with E-state index >= 15 is 0 Å². The Kier molecular flexibility index (Phi) is 4.26. The zero-order chi connectivity index (χ0) is 15.0. The van der Waals surface area contributed by atoms with E-state index in [1.54, 1.807) is 0 Å². The number of rotatable bonds is 5. The minimum atomic E-state index is -0.250. The standard InChI is InChI=1S/C16H28N2O3/c1-3-21-14-10-13(19)16(14)6-8-18(9-7-16)15(20)11-17(2)12-4-5-12/h12-14,19H,3-11H2,1-2H3. The van der Waals surface area contributed by atoms with Crippen molar-refractivity contribution in [3.63, 3.8) is 0 Å². The molecule has 0 aromatic carbocycles. The van der Waals surface area contributed by atoms with Crippen LogP contribution in [0.4, 0.5) is 0 Å². The van der Waals surface area contributed by atoms with Crippen LogP contribution in [-0.4, -0.2) is 72.4 Å². The molecule has 3 rings (SSSR count). The van der Waals surface area contributed by atoms with Gasteiger partial charge in [0.2, 0.25) is 5.91 Å². The molecule has 120 valence electrons.